The Bertz CT molecular complexity index is 424. The predicted molar refractivity (Wildman–Crippen MR) is 46.7 cm³/mol. The number of pyridine rings is 1. The van der Waals surface area contributed by atoms with Crippen molar-refractivity contribution in [3.63, 3.8) is 0 Å². The number of hydrogen-bond donors (Lipinski definition) is 1. The number of nitrogens with zero attached hydrogens (tertiary/aromatic N) is 3. The molecule has 0 radical (unpaired) electrons. The van der Waals surface area contributed by atoms with Gasteiger partial charge in [-0.25, -0.2) is 0 Å². The zero-order chi connectivity index (χ0) is 9.26. The first-order valence-electron chi connectivity index (χ1n) is 3.77. The van der Waals surface area contributed by atoms with Crippen LogP contribution in [0.25, 0.3) is 11.5 Å². The second-order valence-corrected chi connectivity index (χ2v) is 2.65. The smallest absolute Gasteiger partial charge is 0.259 e. The van der Waals surface area contributed by atoms with Crippen molar-refractivity contribution in [2.45, 2.75) is 6.92 Å². The third-order valence-corrected chi connectivity index (χ3v) is 1.53. The molecule has 0 unspecified atom stereocenters. The molecule has 5 nitrogen and oxygen atoms in total. The Morgan fingerprint density at radius 2 is 2.23 bits per heavy atom. The Morgan fingerprint density at radius 1 is 1.38 bits per heavy atom. The fraction of sp³-hybridized carbons (Fsp3) is 0.125. The fourth-order valence-corrected chi connectivity index (χ4v) is 0.989. The van der Waals surface area contributed by atoms with Gasteiger partial charge in [0.2, 0.25) is 0 Å². The maximum Gasteiger partial charge on any atom is 0.259 e. The van der Waals surface area contributed by atoms with Crippen molar-refractivity contribution in [3.05, 3.63) is 24.3 Å². The first-order valence-corrected chi connectivity index (χ1v) is 3.77. The summed E-state index contributed by atoms with van der Waals surface area (Å²) in [6.45, 7) is 1.76. The van der Waals surface area contributed by atoms with Crippen LogP contribution in [0.15, 0.2) is 23.0 Å². The van der Waals surface area contributed by atoms with Crippen LogP contribution in [0, 0.1) is 6.92 Å². The number of nitrogen functional groups attached to an aromatic ring is 1. The van der Waals surface area contributed by atoms with Gasteiger partial charge in [0.05, 0.1) is 11.3 Å². The van der Waals surface area contributed by atoms with Crippen LogP contribution in [0.5, 0.6) is 0 Å². The second kappa shape index (κ2) is 2.85. The van der Waals surface area contributed by atoms with Crippen LogP contribution in [0.1, 0.15) is 5.82 Å². The van der Waals surface area contributed by atoms with Gasteiger partial charge in [0.1, 0.15) is 0 Å². The lowest BCUT2D eigenvalue weighted by atomic mass is 10.3. The van der Waals surface area contributed by atoms with Crippen LogP contribution < -0.4 is 5.73 Å². The lowest BCUT2D eigenvalue weighted by Crippen LogP contribution is -1.87. The molecule has 0 saturated carbocycles. The van der Waals surface area contributed by atoms with Gasteiger partial charge in [-0.3, -0.25) is 4.98 Å². The summed E-state index contributed by atoms with van der Waals surface area (Å²) in [7, 11) is 0. The van der Waals surface area contributed by atoms with Gasteiger partial charge in [-0.05, 0) is 13.0 Å². The van der Waals surface area contributed by atoms with Crippen molar-refractivity contribution in [1.82, 2.24) is 15.1 Å². The summed E-state index contributed by atoms with van der Waals surface area (Å²) in [5.74, 6) is 1.04. The van der Waals surface area contributed by atoms with Crippen molar-refractivity contribution >= 4 is 5.69 Å². The molecule has 13 heavy (non-hydrogen) atoms. The summed E-state index contributed by atoms with van der Waals surface area (Å²) < 4.78 is 4.95. The highest BCUT2D eigenvalue weighted by atomic mass is 16.5. The fourth-order valence-electron chi connectivity index (χ4n) is 0.989. The van der Waals surface area contributed by atoms with Gasteiger partial charge in [0.25, 0.3) is 5.89 Å². The normalized spacial score (nSPS) is 10.2. The molecule has 0 amide bonds. The summed E-state index contributed by atoms with van der Waals surface area (Å²) in [5.41, 5.74) is 6.86. The molecule has 0 fully saturated rings. The molecule has 2 heterocycles. The molecule has 0 atom stereocenters. The minimum Gasteiger partial charge on any atom is -0.397 e. The Labute approximate surface area is 74.6 Å². The van der Waals surface area contributed by atoms with Gasteiger partial charge in [0.15, 0.2) is 5.82 Å². The highest BCUT2D eigenvalue weighted by molar-refractivity contribution is 5.57. The standard InChI is InChI=1S/C8H8N4O/c1-5-11-8(13-12-5)6-2-7(9)4-10-3-6/h2-4H,9H2,1H3. The highest BCUT2D eigenvalue weighted by Gasteiger charge is 2.05. The average molecular weight is 176 g/mol. The molecular weight excluding hydrogens is 168 g/mol. The van der Waals surface area contributed by atoms with Crippen molar-refractivity contribution in [1.29, 1.82) is 0 Å². The van der Waals surface area contributed by atoms with E-state index in [4.69, 9.17) is 10.3 Å². The van der Waals surface area contributed by atoms with Crippen LogP contribution >= 0.6 is 0 Å². The van der Waals surface area contributed by atoms with E-state index in [1.54, 1.807) is 25.4 Å². The van der Waals surface area contributed by atoms with E-state index in [2.05, 4.69) is 15.1 Å². The van der Waals surface area contributed by atoms with Crippen LogP contribution in [0.4, 0.5) is 5.69 Å². The molecule has 0 aromatic carbocycles. The highest BCUT2D eigenvalue weighted by Crippen LogP contribution is 2.17. The van der Waals surface area contributed by atoms with Gasteiger partial charge in [-0.2, -0.15) is 4.98 Å². The molecule has 2 rings (SSSR count). The molecule has 2 aromatic heterocycles. The van der Waals surface area contributed by atoms with Gasteiger partial charge in [-0.15, -0.1) is 0 Å². The number of anilines is 1. The SMILES string of the molecule is Cc1noc(-c2cncc(N)c2)n1. The number of rotatable bonds is 1. The number of aryl methyl sites for hydroxylation is 1. The summed E-state index contributed by atoms with van der Waals surface area (Å²) in [6, 6.07) is 1.74. The molecule has 0 aliphatic heterocycles. The molecule has 5 heteroatoms. The topological polar surface area (TPSA) is 77.8 Å². The minimum atomic E-state index is 0.442. The van der Waals surface area contributed by atoms with E-state index in [-0.39, 0.29) is 0 Å². The zero-order valence-electron chi connectivity index (χ0n) is 7.06. The van der Waals surface area contributed by atoms with E-state index in [1.165, 1.54) is 0 Å². The Morgan fingerprint density at radius 3 is 2.85 bits per heavy atom. The van der Waals surface area contributed by atoms with Crippen LogP contribution in [-0.4, -0.2) is 15.1 Å². The molecule has 2 aromatic rings. The number of nitrogens with two attached hydrogens (primary N) is 1. The molecule has 0 aliphatic rings. The van der Waals surface area contributed by atoms with Crippen LogP contribution in [0.3, 0.4) is 0 Å². The van der Waals surface area contributed by atoms with E-state index in [1.807, 2.05) is 0 Å². The summed E-state index contributed by atoms with van der Waals surface area (Å²) >= 11 is 0. The average Bonchev–Trinajstić information content (AvgIpc) is 2.52. The summed E-state index contributed by atoms with van der Waals surface area (Å²) in [4.78, 5) is 7.97. The van der Waals surface area contributed by atoms with Crippen LogP contribution in [0.2, 0.25) is 0 Å². The number of hydrogen-bond acceptors (Lipinski definition) is 5. The minimum absolute atomic E-state index is 0.442. The largest absolute Gasteiger partial charge is 0.397 e. The van der Waals surface area contributed by atoms with E-state index in [9.17, 15) is 0 Å². The zero-order valence-corrected chi connectivity index (χ0v) is 7.06. The third-order valence-electron chi connectivity index (χ3n) is 1.53. The second-order valence-electron chi connectivity index (χ2n) is 2.65. The van der Waals surface area contributed by atoms with E-state index in [0.29, 0.717) is 17.4 Å². The van der Waals surface area contributed by atoms with E-state index in [0.717, 1.165) is 5.56 Å². The molecule has 0 saturated heterocycles. The van der Waals surface area contributed by atoms with Crippen molar-refractivity contribution in [3.8, 4) is 11.5 Å². The van der Waals surface area contributed by atoms with Crippen molar-refractivity contribution in [2.24, 2.45) is 0 Å². The van der Waals surface area contributed by atoms with E-state index >= 15 is 0 Å². The molecule has 0 bridgehead atoms. The van der Waals surface area contributed by atoms with Gasteiger partial charge in [-0.1, -0.05) is 5.16 Å². The van der Waals surface area contributed by atoms with Crippen molar-refractivity contribution < 1.29 is 4.52 Å². The first kappa shape index (κ1) is 7.72. The molecule has 0 spiro atoms. The summed E-state index contributed by atoms with van der Waals surface area (Å²) in [5, 5.41) is 3.67. The first-order chi connectivity index (χ1) is 6.25. The van der Waals surface area contributed by atoms with E-state index < -0.39 is 0 Å². The Hall–Kier alpha value is -1.91. The molecule has 66 valence electrons. The van der Waals surface area contributed by atoms with Crippen molar-refractivity contribution in [2.75, 3.05) is 5.73 Å². The maximum atomic E-state index is 5.55. The lowest BCUT2D eigenvalue weighted by molar-refractivity contribution is 0.425. The van der Waals surface area contributed by atoms with Crippen LogP contribution in [-0.2, 0) is 0 Å². The molecule has 0 aliphatic carbocycles. The molecule has 2 N–H and O–H groups in total. The lowest BCUT2D eigenvalue weighted by Gasteiger charge is -1.93. The van der Waals surface area contributed by atoms with Gasteiger partial charge in [0, 0.05) is 12.4 Å². The summed E-state index contributed by atoms with van der Waals surface area (Å²) in [6.07, 6.45) is 3.19. The Balaban J connectivity index is 2.46. The maximum absolute atomic E-state index is 5.55. The number of aromatic nitrogens is 3. The quantitative estimate of drug-likeness (QED) is 0.701. The predicted octanol–water partition coefficient (Wildman–Crippen LogP) is 1.02. The van der Waals surface area contributed by atoms with Gasteiger partial charge < -0.3 is 10.3 Å². The molecular formula is C8H8N4O. The third kappa shape index (κ3) is 1.48. The van der Waals surface area contributed by atoms with Gasteiger partial charge >= 0.3 is 0 Å². The monoisotopic (exact) mass is 176 g/mol. The Kier molecular flexibility index (Phi) is 1.70.